The number of aromatic hydroxyl groups is 1. The molecular formula is C18H15N3O6. The van der Waals surface area contributed by atoms with Gasteiger partial charge in [-0.1, -0.05) is 6.07 Å². The van der Waals surface area contributed by atoms with E-state index in [1.54, 1.807) is 19.1 Å². The highest BCUT2D eigenvalue weighted by Gasteiger charge is 2.36. The molecular weight excluding hydrogens is 354 g/mol. The summed E-state index contributed by atoms with van der Waals surface area (Å²) in [5.41, 5.74) is 0.806. The quantitative estimate of drug-likeness (QED) is 0.360. The lowest BCUT2D eigenvalue weighted by molar-refractivity contribution is -0.384. The van der Waals surface area contributed by atoms with Crippen LogP contribution in [0.5, 0.6) is 5.75 Å². The molecule has 0 aliphatic carbocycles. The van der Waals surface area contributed by atoms with Crippen molar-refractivity contribution in [3.8, 4) is 5.75 Å². The van der Waals surface area contributed by atoms with Crippen molar-refractivity contribution >= 4 is 29.1 Å². The number of carbonyl (C=O) groups excluding carboxylic acids is 3. The van der Waals surface area contributed by atoms with Crippen LogP contribution >= 0.6 is 0 Å². The first-order chi connectivity index (χ1) is 12.8. The maximum atomic E-state index is 12.4. The van der Waals surface area contributed by atoms with E-state index in [2.05, 4.69) is 5.32 Å². The third kappa shape index (κ3) is 3.47. The van der Waals surface area contributed by atoms with Gasteiger partial charge in [-0.3, -0.25) is 29.4 Å². The monoisotopic (exact) mass is 369 g/mol. The van der Waals surface area contributed by atoms with Gasteiger partial charge in [0.05, 0.1) is 21.7 Å². The van der Waals surface area contributed by atoms with Crippen molar-refractivity contribution in [3.05, 3.63) is 63.2 Å². The molecule has 0 spiro atoms. The van der Waals surface area contributed by atoms with Crippen LogP contribution in [0.4, 0.5) is 11.4 Å². The first-order valence-electron chi connectivity index (χ1n) is 8.02. The van der Waals surface area contributed by atoms with Crippen LogP contribution in [0.2, 0.25) is 0 Å². The van der Waals surface area contributed by atoms with Gasteiger partial charge in [0, 0.05) is 25.1 Å². The van der Waals surface area contributed by atoms with Gasteiger partial charge in [-0.25, -0.2) is 0 Å². The minimum Gasteiger partial charge on any atom is -0.506 e. The second-order valence-electron chi connectivity index (χ2n) is 6.07. The van der Waals surface area contributed by atoms with Gasteiger partial charge in [-0.2, -0.15) is 0 Å². The molecule has 2 N–H and O–H groups in total. The van der Waals surface area contributed by atoms with E-state index >= 15 is 0 Å². The molecule has 138 valence electrons. The number of hydrogen-bond acceptors (Lipinski definition) is 6. The summed E-state index contributed by atoms with van der Waals surface area (Å²) in [5, 5.41) is 23.1. The van der Waals surface area contributed by atoms with Gasteiger partial charge in [-0.15, -0.1) is 0 Å². The molecule has 0 radical (unpaired) electrons. The summed E-state index contributed by atoms with van der Waals surface area (Å²) in [4.78, 5) is 47.8. The highest BCUT2D eigenvalue weighted by molar-refractivity contribution is 6.21. The van der Waals surface area contributed by atoms with Gasteiger partial charge in [0.15, 0.2) is 0 Å². The van der Waals surface area contributed by atoms with Crippen molar-refractivity contribution in [1.82, 2.24) is 4.90 Å². The Hall–Kier alpha value is -3.75. The Morgan fingerprint density at radius 3 is 2.56 bits per heavy atom. The van der Waals surface area contributed by atoms with Crippen LogP contribution in [-0.2, 0) is 4.79 Å². The number of nitrogens with one attached hydrogen (secondary N) is 1. The molecule has 3 rings (SSSR count). The lowest BCUT2D eigenvalue weighted by atomic mass is 10.1. The van der Waals surface area contributed by atoms with E-state index in [1.165, 1.54) is 12.1 Å². The van der Waals surface area contributed by atoms with Crippen molar-refractivity contribution in [2.24, 2.45) is 0 Å². The van der Waals surface area contributed by atoms with Gasteiger partial charge in [0.2, 0.25) is 5.91 Å². The van der Waals surface area contributed by atoms with E-state index < -0.39 is 22.6 Å². The van der Waals surface area contributed by atoms with Crippen LogP contribution in [0.3, 0.4) is 0 Å². The maximum absolute atomic E-state index is 12.4. The molecule has 0 atom stereocenters. The van der Waals surface area contributed by atoms with Crippen LogP contribution in [0.25, 0.3) is 0 Å². The predicted octanol–water partition coefficient (Wildman–Crippen LogP) is 2.23. The first-order valence-corrected chi connectivity index (χ1v) is 8.02. The zero-order chi connectivity index (χ0) is 19.7. The Morgan fingerprint density at radius 1 is 1.15 bits per heavy atom. The minimum absolute atomic E-state index is 0.0501. The average Bonchev–Trinajstić information content (AvgIpc) is 2.86. The molecule has 1 aliphatic heterocycles. The zero-order valence-electron chi connectivity index (χ0n) is 14.3. The molecule has 9 heteroatoms. The summed E-state index contributed by atoms with van der Waals surface area (Å²) < 4.78 is 0. The molecule has 0 unspecified atom stereocenters. The van der Waals surface area contributed by atoms with Crippen LogP contribution in [0.1, 0.15) is 32.7 Å². The smallest absolute Gasteiger partial charge is 0.270 e. The highest BCUT2D eigenvalue weighted by Crippen LogP contribution is 2.27. The number of nitro groups is 1. The van der Waals surface area contributed by atoms with E-state index in [0.29, 0.717) is 0 Å². The summed E-state index contributed by atoms with van der Waals surface area (Å²) >= 11 is 0. The molecule has 0 saturated carbocycles. The summed E-state index contributed by atoms with van der Waals surface area (Å²) in [6.07, 6.45) is -0.180. The number of hydrogen-bond donors (Lipinski definition) is 2. The van der Waals surface area contributed by atoms with Crippen molar-refractivity contribution < 1.29 is 24.4 Å². The van der Waals surface area contributed by atoms with Gasteiger partial charge in [-0.05, 0) is 30.7 Å². The van der Waals surface area contributed by atoms with E-state index in [1.807, 2.05) is 0 Å². The third-order valence-corrected chi connectivity index (χ3v) is 4.15. The molecule has 0 aromatic heterocycles. The summed E-state index contributed by atoms with van der Waals surface area (Å²) in [5.74, 6) is -1.86. The Morgan fingerprint density at radius 2 is 1.85 bits per heavy atom. The van der Waals surface area contributed by atoms with Crippen molar-refractivity contribution in [2.75, 3.05) is 11.9 Å². The molecule has 2 aromatic carbocycles. The number of amides is 3. The van der Waals surface area contributed by atoms with E-state index in [9.17, 15) is 29.6 Å². The second kappa shape index (κ2) is 6.87. The number of phenols is 1. The van der Waals surface area contributed by atoms with E-state index in [0.717, 1.165) is 22.6 Å². The summed E-state index contributed by atoms with van der Waals surface area (Å²) in [6, 6.07) is 8.17. The van der Waals surface area contributed by atoms with Gasteiger partial charge < -0.3 is 10.4 Å². The maximum Gasteiger partial charge on any atom is 0.270 e. The number of fused-ring (bicyclic) bond motifs is 1. The molecule has 0 saturated heterocycles. The zero-order valence-corrected chi connectivity index (χ0v) is 14.3. The molecule has 0 bridgehead atoms. The normalized spacial score (nSPS) is 12.9. The van der Waals surface area contributed by atoms with Gasteiger partial charge >= 0.3 is 0 Å². The van der Waals surface area contributed by atoms with Crippen LogP contribution < -0.4 is 5.32 Å². The van der Waals surface area contributed by atoms with Crippen LogP contribution in [-0.4, -0.2) is 39.2 Å². The topological polar surface area (TPSA) is 130 Å². The molecule has 9 nitrogen and oxygen atoms in total. The highest BCUT2D eigenvalue weighted by atomic mass is 16.6. The molecule has 3 amide bonds. The first kappa shape index (κ1) is 18.1. The van der Waals surface area contributed by atoms with Crippen LogP contribution in [0, 0.1) is 17.0 Å². The Balaban J connectivity index is 1.68. The number of carbonyl (C=O) groups is 3. The van der Waals surface area contributed by atoms with E-state index in [4.69, 9.17) is 0 Å². The predicted molar refractivity (Wildman–Crippen MR) is 94.6 cm³/mol. The number of nitrogens with zero attached hydrogens (tertiary/aromatic N) is 2. The lowest BCUT2D eigenvalue weighted by Gasteiger charge is -2.14. The number of benzene rings is 2. The molecule has 0 fully saturated rings. The number of phenolic OH excluding ortho intramolecular Hbond substituents is 1. The number of rotatable bonds is 5. The fourth-order valence-corrected chi connectivity index (χ4v) is 2.77. The number of imide groups is 1. The standard InChI is InChI=1S/C18H15N3O6/c1-10-2-5-15(22)14(8-10)19-16(23)6-7-20-17(24)12-4-3-11(21(26)27)9-13(12)18(20)25/h2-5,8-9,22H,6-7H2,1H3,(H,19,23). The van der Waals surface area contributed by atoms with E-state index in [-0.39, 0.29) is 41.2 Å². The number of non-ortho nitro benzene ring substituents is 1. The minimum atomic E-state index is -0.676. The number of nitro benzene ring substituents is 1. The Labute approximate surface area is 153 Å². The third-order valence-electron chi connectivity index (χ3n) is 4.15. The molecule has 2 aromatic rings. The Kier molecular flexibility index (Phi) is 4.59. The summed E-state index contributed by atoms with van der Waals surface area (Å²) in [6.45, 7) is 1.62. The SMILES string of the molecule is Cc1ccc(O)c(NC(=O)CCN2C(=O)c3ccc([N+](=O)[O-])cc3C2=O)c1. The molecule has 1 aliphatic rings. The molecule has 27 heavy (non-hydrogen) atoms. The van der Waals surface area contributed by atoms with Gasteiger partial charge in [0.1, 0.15) is 5.75 Å². The fraction of sp³-hybridized carbons (Fsp3) is 0.167. The largest absolute Gasteiger partial charge is 0.506 e. The van der Waals surface area contributed by atoms with Crippen molar-refractivity contribution in [3.63, 3.8) is 0 Å². The lowest BCUT2D eigenvalue weighted by Crippen LogP contribution is -2.32. The van der Waals surface area contributed by atoms with Crippen molar-refractivity contribution in [1.29, 1.82) is 0 Å². The van der Waals surface area contributed by atoms with Crippen LogP contribution in [0.15, 0.2) is 36.4 Å². The number of aryl methyl sites for hydroxylation is 1. The Bertz CT molecular complexity index is 985. The second-order valence-corrected chi connectivity index (χ2v) is 6.07. The van der Waals surface area contributed by atoms with Gasteiger partial charge in [0.25, 0.3) is 17.5 Å². The average molecular weight is 369 g/mol. The van der Waals surface area contributed by atoms with Crippen molar-refractivity contribution in [2.45, 2.75) is 13.3 Å². The molecule has 1 heterocycles. The fourth-order valence-electron chi connectivity index (χ4n) is 2.77. The summed E-state index contributed by atoms with van der Waals surface area (Å²) in [7, 11) is 0. The number of anilines is 1.